The molecule has 0 aliphatic heterocycles. The second-order valence-electron chi connectivity index (χ2n) is 4.16. The Kier molecular flexibility index (Phi) is 3.67. The van der Waals surface area contributed by atoms with Crippen LogP contribution in [0.2, 0.25) is 0 Å². The first-order valence-corrected chi connectivity index (χ1v) is 6.13. The minimum atomic E-state index is -0.929. The third kappa shape index (κ3) is 2.24. The average molecular weight is 247 g/mol. The number of carboxylic acids is 1. The van der Waals surface area contributed by atoms with Crippen molar-refractivity contribution in [1.82, 2.24) is 4.90 Å². The molecular weight excluding hydrogens is 230 g/mol. The summed E-state index contributed by atoms with van der Waals surface area (Å²) in [6.07, 6.45) is 0. The van der Waals surface area contributed by atoms with Crippen LogP contribution in [0.3, 0.4) is 0 Å². The van der Waals surface area contributed by atoms with Crippen LogP contribution in [0, 0.1) is 0 Å². The van der Waals surface area contributed by atoms with Crippen molar-refractivity contribution in [3.8, 4) is 0 Å². The van der Waals surface area contributed by atoms with Gasteiger partial charge in [0.25, 0.3) is 0 Å². The number of hydrogen-bond acceptors (Lipinski definition) is 3. The third-order valence-electron chi connectivity index (χ3n) is 3.14. The largest absolute Gasteiger partial charge is 0.478 e. The van der Waals surface area contributed by atoms with E-state index in [0.29, 0.717) is 23.3 Å². The lowest BCUT2D eigenvalue weighted by atomic mass is 10.1. The van der Waals surface area contributed by atoms with Gasteiger partial charge >= 0.3 is 5.97 Å². The highest BCUT2D eigenvalue weighted by Crippen LogP contribution is 2.26. The topological polar surface area (TPSA) is 53.7 Å². The third-order valence-corrected chi connectivity index (χ3v) is 3.14. The van der Waals surface area contributed by atoms with Crippen molar-refractivity contribution in [2.75, 3.05) is 13.1 Å². The fourth-order valence-corrected chi connectivity index (χ4v) is 2.09. The van der Waals surface area contributed by atoms with Gasteiger partial charge in [-0.1, -0.05) is 32.0 Å². The lowest BCUT2D eigenvalue weighted by molar-refractivity contribution is 0.0694. The van der Waals surface area contributed by atoms with E-state index in [-0.39, 0.29) is 5.56 Å². The molecule has 0 unspecified atom stereocenters. The summed E-state index contributed by atoms with van der Waals surface area (Å²) in [6, 6.07) is 7.26. The molecule has 1 N–H and O–H groups in total. The molecule has 0 saturated heterocycles. The zero-order chi connectivity index (χ0) is 13.1. The number of carboxylic acid groups (broad SMARTS) is 1. The van der Waals surface area contributed by atoms with Gasteiger partial charge in [-0.15, -0.1) is 0 Å². The molecule has 0 saturated carbocycles. The molecule has 1 heterocycles. The highest BCUT2D eigenvalue weighted by atomic mass is 16.4. The smallest absolute Gasteiger partial charge is 0.339 e. The molecule has 18 heavy (non-hydrogen) atoms. The van der Waals surface area contributed by atoms with E-state index in [1.807, 2.05) is 26.0 Å². The van der Waals surface area contributed by atoms with Gasteiger partial charge in [0.2, 0.25) is 0 Å². The zero-order valence-corrected chi connectivity index (χ0v) is 10.6. The van der Waals surface area contributed by atoms with E-state index < -0.39 is 5.97 Å². The molecule has 0 fully saturated rings. The SMILES string of the molecule is CCN(CC)Cc1oc2ccccc2c1C(=O)O. The monoisotopic (exact) mass is 247 g/mol. The predicted octanol–water partition coefficient (Wildman–Crippen LogP) is 2.97. The molecule has 0 bridgehead atoms. The van der Waals surface area contributed by atoms with Gasteiger partial charge in [-0.2, -0.15) is 0 Å². The standard InChI is InChI=1S/C14H17NO3/c1-3-15(4-2)9-12-13(14(16)17)10-7-5-6-8-11(10)18-12/h5-8H,3-4,9H2,1-2H3,(H,16,17). The Labute approximate surface area is 106 Å². The summed E-state index contributed by atoms with van der Waals surface area (Å²) >= 11 is 0. The number of nitrogens with zero attached hydrogens (tertiary/aromatic N) is 1. The Morgan fingerprint density at radius 2 is 1.94 bits per heavy atom. The Hall–Kier alpha value is -1.81. The molecule has 0 aliphatic rings. The number of para-hydroxylation sites is 1. The van der Waals surface area contributed by atoms with Crippen molar-refractivity contribution in [3.05, 3.63) is 35.6 Å². The van der Waals surface area contributed by atoms with Crippen LogP contribution in [0.5, 0.6) is 0 Å². The first-order chi connectivity index (χ1) is 8.67. The number of benzene rings is 1. The molecule has 0 amide bonds. The average Bonchev–Trinajstić information content (AvgIpc) is 2.73. The van der Waals surface area contributed by atoms with Crippen LogP contribution < -0.4 is 0 Å². The van der Waals surface area contributed by atoms with E-state index in [1.54, 1.807) is 12.1 Å². The van der Waals surface area contributed by atoms with Gasteiger partial charge in [0.15, 0.2) is 0 Å². The molecule has 4 nitrogen and oxygen atoms in total. The second-order valence-corrected chi connectivity index (χ2v) is 4.16. The van der Waals surface area contributed by atoms with Crippen LogP contribution in [-0.4, -0.2) is 29.1 Å². The Bertz CT molecular complexity index is 555. The number of rotatable bonds is 5. The van der Waals surface area contributed by atoms with Crippen LogP contribution in [0.25, 0.3) is 11.0 Å². The van der Waals surface area contributed by atoms with Gasteiger partial charge in [0, 0.05) is 5.39 Å². The lowest BCUT2D eigenvalue weighted by Gasteiger charge is -2.16. The van der Waals surface area contributed by atoms with Gasteiger partial charge < -0.3 is 9.52 Å². The molecular formula is C14H17NO3. The Morgan fingerprint density at radius 3 is 2.56 bits per heavy atom. The summed E-state index contributed by atoms with van der Waals surface area (Å²) in [5.41, 5.74) is 0.926. The summed E-state index contributed by atoms with van der Waals surface area (Å²) in [5.74, 6) is -0.394. The number of carbonyl (C=O) groups is 1. The van der Waals surface area contributed by atoms with Crippen molar-refractivity contribution in [2.45, 2.75) is 20.4 Å². The number of aromatic carboxylic acids is 1. The lowest BCUT2D eigenvalue weighted by Crippen LogP contribution is -2.22. The molecule has 2 rings (SSSR count). The van der Waals surface area contributed by atoms with Crippen molar-refractivity contribution in [3.63, 3.8) is 0 Å². The molecule has 1 aromatic carbocycles. The summed E-state index contributed by atoms with van der Waals surface area (Å²) in [7, 11) is 0. The molecule has 1 aromatic heterocycles. The van der Waals surface area contributed by atoms with E-state index in [9.17, 15) is 9.90 Å². The summed E-state index contributed by atoms with van der Waals surface area (Å²) in [5, 5.41) is 10.0. The molecule has 4 heteroatoms. The minimum Gasteiger partial charge on any atom is -0.478 e. The van der Waals surface area contributed by atoms with Crippen molar-refractivity contribution in [2.24, 2.45) is 0 Å². The van der Waals surface area contributed by atoms with Gasteiger partial charge in [0.05, 0.1) is 6.54 Å². The first kappa shape index (κ1) is 12.6. The van der Waals surface area contributed by atoms with Gasteiger partial charge in [-0.25, -0.2) is 4.79 Å². The molecule has 96 valence electrons. The predicted molar refractivity (Wildman–Crippen MR) is 69.8 cm³/mol. The molecule has 2 aromatic rings. The van der Waals surface area contributed by atoms with Gasteiger partial charge in [-0.05, 0) is 19.2 Å². The minimum absolute atomic E-state index is 0.289. The molecule has 0 atom stereocenters. The number of furan rings is 1. The van der Waals surface area contributed by atoms with Crippen LogP contribution >= 0.6 is 0 Å². The Balaban J connectivity index is 2.49. The van der Waals surface area contributed by atoms with Crippen molar-refractivity contribution >= 4 is 16.9 Å². The second kappa shape index (κ2) is 5.23. The summed E-state index contributed by atoms with van der Waals surface area (Å²) in [6.45, 7) is 6.36. The maximum Gasteiger partial charge on any atom is 0.339 e. The normalized spacial score (nSPS) is 11.3. The maximum absolute atomic E-state index is 11.4. The Morgan fingerprint density at radius 1 is 1.28 bits per heavy atom. The van der Waals surface area contributed by atoms with E-state index in [2.05, 4.69) is 4.90 Å². The molecule has 0 aliphatic carbocycles. The number of hydrogen-bond donors (Lipinski definition) is 1. The highest BCUT2D eigenvalue weighted by molar-refractivity contribution is 6.03. The summed E-state index contributed by atoms with van der Waals surface area (Å²) < 4.78 is 5.67. The fraction of sp³-hybridized carbons (Fsp3) is 0.357. The van der Waals surface area contributed by atoms with Crippen LogP contribution in [0.1, 0.15) is 30.0 Å². The van der Waals surface area contributed by atoms with Crippen molar-refractivity contribution in [1.29, 1.82) is 0 Å². The van der Waals surface area contributed by atoms with Crippen LogP contribution in [-0.2, 0) is 6.54 Å². The van der Waals surface area contributed by atoms with Crippen molar-refractivity contribution < 1.29 is 14.3 Å². The van der Waals surface area contributed by atoms with E-state index >= 15 is 0 Å². The quantitative estimate of drug-likeness (QED) is 0.882. The number of fused-ring (bicyclic) bond motifs is 1. The zero-order valence-electron chi connectivity index (χ0n) is 10.6. The molecule has 0 radical (unpaired) electrons. The molecule has 0 spiro atoms. The summed E-state index contributed by atoms with van der Waals surface area (Å²) in [4.78, 5) is 13.5. The highest BCUT2D eigenvalue weighted by Gasteiger charge is 2.20. The van der Waals surface area contributed by atoms with Gasteiger partial charge in [0.1, 0.15) is 16.9 Å². The van der Waals surface area contributed by atoms with E-state index in [4.69, 9.17) is 4.42 Å². The maximum atomic E-state index is 11.4. The van der Waals surface area contributed by atoms with E-state index in [0.717, 1.165) is 13.1 Å². The van der Waals surface area contributed by atoms with Crippen LogP contribution in [0.15, 0.2) is 28.7 Å². The fourth-order valence-electron chi connectivity index (χ4n) is 2.09. The van der Waals surface area contributed by atoms with Gasteiger partial charge in [-0.3, -0.25) is 4.90 Å². The first-order valence-electron chi connectivity index (χ1n) is 6.13. The van der Waals surface area contributed by atoms with Crippen LogP contribution in [0.4, 0.5) is 0 Å². The van der Waals surface area contributed by atoms with E-state index in [1.165, 1.54) is 0 Å².